The third-order valence-corrected chi connectivity index (χ3v) is 5.96. The summed E-state index contributed by atoms with van der Waals surface area (Å²) in [6, 6.07) is 6.03. The van der Waals surface area contributed by atoms with Crippen LogP contribution in [0, 0.1) is 0 Å². The molecule has 1 atom stereocenters. The minimum Gasteiger partial charge on any atom is -0.340 e. The predicted molar refractivity (Wildman–Crippen MR) is 105 cm³/mol. The van der Waals surface area contributed by atoms with Crippen molar-refractivity contribution in [3.63, 3.8) is 0 Å². The fraction of sp³-hybridized carbons (Fsp3) is 0.278. The van der Waals surface area contributed by atoms with Crippen LogP contribution < -0.4 is 5.32 Å². The molecule has 0 saturated carbocycles. The van der Waals surface area contributed by atoms with Gasteiger partial charge < -0.3 is 10.2 Å². The summed E-state index contributed by atoms with van der Waals surface area (Å²) in [5.74, 6) is -0.841. The number of nitrogens with one attached hydrogen (secondary N) is 1. The van der Waals surface area contributed by atoms with Crippen molar-refractivity contribution in [3.8, 4) is 0 Å². The van der Waals surface area contributed by atoms with Crippen LogP contribution in [0.4, 0.5) is 4.79 Å². The normalized spacial score (nSPS) is 19.3. The molecule has 2 heterocycles. The molecule has 1 saturated heterocycles. The van der Waals surface area contributed by atoms with Crippen LogP contribution in [0.3, 0.4) is 0 Å². The zero-order valence-corrected chi connectivity index (χ0v) is 17.0. The Morgan fingerprint density at radius 2 is 2.00 bits per heavy atom. The second kappa shape index (κ2) is 7.50. The van der Waals surface area contributed by atoms with Crippen LogP contribution in [0.2, 0.25) is 10.0 Å². The molecule has 0 spiro atoms. The summed E-state index contributed by atoms with van der Waals surface area (Å²) in [6.07, 6.45) is 0. The molecule has 1 fully saturated rings. The molecule has 1 aliphatic heterocycles. The lowest BCUT2D eigenvalue weighted by atomic mass is 9.92. The average molecular weight is 426 g/mol. The molecule has 0 bridgehead atoms. The second-order valence-electron chi connectivity index (χ2n) is 6.46. The van der Waals surface area contributed by atoms with Crippen LogP contribution in [0.25, 0.3) is 0 Å². The molecule has 2 aromatic rings. The van der Waals surface area contributed by atoms with Crippen LogP contribution >= 0.6 is 34.5 Å². The van der Waals surface area contributed by atoms with E-state index in [9.17, 15) is 14.4 Å². The van der Waals surface area contributed by atoms with E-state index in [2.05, 4.69) is 5.32 Å². The molecule has 9 heteroatoms. The van der Waals surface area contributed by atoms with Gasteiger partial charge in [0.2, 0.25) is 5.91 Å². The van der Waals surface area contributed by atoms with Gasteiger partial charge in [0.05, 0.1) is 10.0 Å². The van der Waals surface area contributed by atoms with E-state index >= 15 is 0 Å². The van der Waals surface area contributed by atoms with Gasteiger partial charge in [0.15, 0.2) is 0 Å². The fourth-order valence-electron chi connectivity index (χ4n) is 2.84. The fourth-order valence-corrected chi connectivity index (χ4v) is 3.80. The van der Waals surface area contributed by atoms with Gasteiger partial charge in [0, 0.05) is 13.6 Å². The zero-order chi connectivity index (χ0) is 19.8. The summed E-state index contributed by atoms with van der Waals surface area (Å²) in [7, 11) is 1.64. The Kier molecular flexibility index (Phi) is 5.46. The Morgan fingerprint density at radius 3 is 2.63 bits per heavy atom. The van der Waals surface area contributed by atoms with Crippen LogP contribution in [-0.2, 0) is 21.7 Å². The maximum Gasteiger partial charge on any atom is 0.325 e. The Labute approximate surface area is 170 Å². The van der Waals surface area contributed by atoms with Gasteiger partial charge in [-0.05, 0) is 47.0 Å². The van der Waals surface area contributed by atoms with Crippen molar-refractivity contribution < 1.29 is 14.4 Å². The third-order valence-electron chi connectivity index (χ3n) is 4.49. The molecule has 1 N–H and O–H groups in total. The summed E-state index contributed by atoms with van der Waals surface area (Å²) in [5, 5.41) is 7.15. The molecule has 142 valence electrons. The van der Waals surface area contributed by atoms with Crippen molar-refractivity contribution in [2.24, 2.45) is 0 Å². The molecule has 1 aromatic carbocycles. The highest BCUT2D eigenvalue weighted by Gasteiger charge is 2.49. The Morgan fingerprint density at radius 1 is 1.26 bits per heavy atom. The quantitative estimate of drug-likeness (QED) is 0.745. The summed E-state index contributed by atoms with van der Waals surface area (Å²) in [4.78, 5) is 40.2. The molecule has 1 aliphatic rings. The van der Waals surface area contributed by atoms with Crippen LogP contribution in [0.15, 0.2) is 35.0 Å². The first-order valence-electron chi connectivity index (χ1n) is 8.07. The molecular weight excluding hydrogens is 409 g/mol. The molecule has 1 aromatic heterocycles. The van der Waals surface area contributed by atoms with Gasteiger partial charge in [-0.3, -0.25) is 14.5 Å². The Hall–Kier alpha value is -2.09. The van der Waals surface area contributed by atoms with E-state index < -0.39 is 17.5 Å². The summed E-state index contributed by atoms with van der Waals surface area (Å²) in [6.45, 7) is 1.66. The molecule has 1 unspecified atom stereocenters. The predicted octanol–water partition coefficient (Wildman–Crippen LogP) is 3.48. The molecule has 4 amide bonds. The van der Waals surface area contributed by atoms with Crippen LogP contribution in [0.5, 0.6) is 0 Å². The second-order valence-corrected chi connectivity index (χ2v) is 8.05. The van der Waals surface area contributed by atoms with E-state index in [1.54, 1.807) is 26.1 Å². The van der Waals surface area contributed by atoms with Gasteiger partial charge in [0.25, 0.3) is 5.91 Å². The molecule has 0 radical (unpaired) electrons. The highest BCUT2D eigenvalue weighted by Crippen LogP contribution is 2.33. The number of likely N-dealkylation sites (N-methyl/N-ethyl adjacent to an activating group) is 1. The van der Waals surface area contributed by atoms with E-state index in [0.29, 0.717) is 17.1 Å². The molecule has 6 nitrogen and oxygen atoms in total. The first kappa shape index (κ1) is 19.7. The lowest BCUT2D eigenvalue weighted by Gasteiger charge is -2.23. The van der Waals surface area contributed by atoms with Gasteiger partial charge in [-0.2, -0.15) is 11.3 Å². The van der Waals surface area contributed by atoms with Crippen LogP contribution in [-0.4, -0.2) is 41.2 Å². The number of hydrogen-bond donors (Lipinski definition) is 1. The van der Waals surface area contributed by atoms with Gasteiger partial charge in [-0.15, -0.1) is 0 Å². The van der Waals surface area contributed by atoms with E-state index in [-0.39, 0.29) is 17.5 Å². The molecule has 0 aliphatic carbocycles. The summed E-state index contributed by atoms with van der Waals surface area (Å²) >= 11 is 13.5. The summed E-state index contributed by atoms with van der Waals surface area (Å²) in [5.41, 5.74) is 0.183. The smallest absolute Gasteiger partial charge is 0.325 e. The molecular formula is C18H17Cl2N3O3S. The minimum absolute atomic E-state index is 0.280. The minimum atomic E-state index is -1.31. The number of thiophene rings is 1. The first-order chi connectivity index (χ1) is 12.7. The number of carbonyl (C=O) groups is 3. The van der Waals surface area contributed by atoms with Gasteiger partial charge in [-0.25, -0.2) is 4.79 Å². The van der Waals surface area contributed by atoms with Crippen molar-refractivity contribution in [1.82, 2.24) is 15.1 Å². The number of amides is 4. The van der Waals surface area contributed by atoms with E-state index in [4.69, 9.17) is 23.2 Å². The number of urea groups is 1. The number of hydrogen-bond acceptors (Lipinski definition) is 4. The zero-order valence-electron chi connectivity index (χ0n) is 14.7. The van der Waals surface area contributed by atoms with E-state index in [1.807, 2.05) is 16.8 Å². The topological polar surface area (TPSA) is 69.7 Å². The molecule has 27 heavy (non-hydrogen) atoms. The van der Waals surface area contributed by atoms with E-state index in [0.717, 1.165) is 10.5 Å². The van der Waals surface area contributed by atoms with E-state index in [1.165, 1.54) is 22.3 Å². The lowest BCUT2D eigenvalue weighted by Crippen LogP contribution is -2.43. The lowest BCUT2D eigenvalue weighted by molar-refractivity contribution is -0.138. The SMILES string of the molecule is CN(Cc1ccsc1)C(=O)CN1C(=O)NC(C)(c2ccc(Cl)c(Cl)c2)C1=O. The number of rotatable bonds is 5. The first-order valence-corrected chi connectivity index (χ1v) is 9.77. The van der Waals surface area contributed by atoms with Gasteiger partial charge in [-0.1, -0.05) is 29.3 Å². The number of benzene rings is 1. The monoisotopic (exact) mass is 425 g/mol. The number of imide groups is 1. The summed E-state index contributed by atoms with van der Waals surface area (Å²) < 4.78 is 0. The van der Waals surface area contributed by atoms with Crippen molar-refractivity contribution in [2.75, 3.05) is 13.6 Å². The number of carbonyl (C=O) groups excluding carboxylic acids is 3. The van der Waals surface area contributed by atoms with Crippen molar-refractivity contribution >= 4 is 52.4 Å². The average Bonchev–Trinajstić information content (AvgIpc) is 3.20. The number of halogens is 2. The largest absolute Gasteiger partial charge is 0.340 e. The molecule has 3 rings (SSSR count). The number of nitrogens with zero attached hydrogens (tertiary/aromatic N) is 2. The Balaban J connectivity index is 1.75. The maximum absolute atomic E-state index is 12.9. The Bertz CT molecular complexity index is 903. The standard InChI is InChI=1S/C18H17Cl2N3O3S/c1-18(12-3-4-13(19)14(20)7-12)16(25)23(17(26)21-18)9-15(24)22(2)8-11-5-6-27-10-11/h3-7,10H,8-9H2,1-2H3,(H,21,26). The van der Waals surface area contributed by atoms with Crippen molar-refractivity contribution in [3.05, 3.63) is 56.2 Å². The highest BCUT2D eigenvalue weighted by atomic mass is 35.5. The third kappa shape index (κ3) is 3.81. The van der Waals surface area contributed by atoms with Crippen LogP contribution in [0.1, 0.15) is 18.1 Å². The van der Waals surface area contributed by atoms with Gasteiger partial charge in [0.1, 0.15) is 12.1 Å². The maximum atomic E-state index is 12.9. The van der Waals surface area contributed by atoms with Crippen molar-refractivity contribution in [2.45, 2.75) is 19.0 Å². The van der Waals surface area contributed by atoms with Gasteiger partial charge >= 0.3 is 6.03 Å². The highest BCUT2D eigenvalue weighted by molar-refractivity contribution is 7.07. The van der Waals surface area contributed by atoms with Crippen molar-refractivity contribution in [1.29, 1.82) is 0 Å².